The lowest BCUT2D eigenvalue weighted by atomic mass is 10.1. The largest absolute Gasteiger partial charge is 0.544 e. The molecule has 0 aliphatic heterocycles. The highest BCUT2D eigenvalue weighted by Crippen LogP contribution is 2.08. The highest BCUT2D eigenvalue weighted by molar-refractivity contribution is 7.71. The number of H-pyrrole nitrogens is 2. The highest BCUT2D eigenvalue weighted by atomic mass is 32.1. The van der Waals surface area contributed by atoms with Gasteiger partial charge in [0.2, 0.25) is 0 Å². The maximum Gasteiger partial charge on any atom is 0.174 e. The van der Waals surface area contributed by atoms with Crippen molar-refractivity contribution in [3.05, 3.63) is 16.7 Å². The van der Waals surface area contributed by atoms with Crippen molar-refractivity contribution < 1.29 is 18.5 Å². The van der Waals surface area contributed by atoms with Gasteiger partial charge in [-0.15, -0.1) is 0 Å². The van der Waals surface area contributed by atoms with E-state index in [1.807, 2.05) is 0 Å². The number of aromatic amines is 2. The number of quaternary nitrogens is 1. The molecule has 0 spiro atoms. The molecule has 0 bridgehead atoms. The SMILES string of the molecule is [2H]C([2H])([2H])[N+](C)(C)C(Cc1c[nH]c(=S)[nH]1)C(=O)[O-]. The van der Waals surface area contributed by atoms with E-state index in [1.165, 1.54) is 20.3 Å². The van der Waals surface area contributed by atoms with Crippen LogP contribution in [0.25, 0.3) is 0 Å². The van der Waals surface area contributed by atoms with Gasteiger partial charge in [0.05, 0.1) is 31.2 Å². The van der Waals surface area contributed by atoms with Crippen LogP contribution in [0.15, 0.2) is 6.20 Å². The Morgan fingerprint density at radius 1 is 1.80 bits per heavy atom. The molecule has 0 amide bonds. The predicted octanol–water partition coefficient (Wildman–Crippen LogP) is -0.561. The van der Waals surface area contributed by atoms with Crippen molar-refractivity contribution >= 4 is 18.2 Å². The third-order valence-corrected chi connectivity index (χ3v) is 2.34. The molecule has 2 N–H and O–H groups in total. The van der Waals surface area contributed by atoms with Gasteiger partial charge >= 0.3 is 0 Å². The number of aromatic nitrogens is 2. The quantitative estimate of drug-likeness (QED) is 0.540. The number of carbonyl (C=O) groups is 1. The molecule has 0 aliphatic carbocycles. The molecule has 0 fully saturated rings. The molecule has 1 aromatic heterocycles. The van der Waals surface area contributed by atoms with Crippen molar-refractivity contribution in [1.82, 2.24) is 9.97 Å². The number of nitrogens with one attached hydrogen (secondary N) is 2. The minimum absolute atomic E-state index is 0.000856. The lowest BCUT2D eigenvalue weighted by Crippen LogP contribution is -2.55. The van der Waals surface area contributed by atoms with Crippen LogP contribution in [-0.2, 0) is 11.2 Å². The molecule has 0 aromatic carbocycles. The van der Waals surface area contributed by atoms with E-state index in [0.29, 0.717) is 10.5 Å². The van der Waals surface area contributed by atoms with Gasteiger partial charge in [0.25, 0.3) is 0 Å². The topological polar surface area (TPSA) is 71.7 Å². The van der Waals surface area contributed by atoms with Gasteiger partial charge in [-0.05, 0) is 12.2 Å². The molecular formula is C9H15N3O2S. The van der Waals surface area contributed by atoms with Gasteiger partial charge in [-0.3, -0.25) is 0 Å². The van der Waals surface area contributed by atoms with Gasteiger partial charge < -0.3 is 24.4 Å². The Balaban J connectivity index is 3.04. The van der Waals surface area contributed by atoms with Crippen LogP contribution in [0, 0.1) is 4.77 Å². The van der Waals surface area contributed by atoms with Crippen molar-refractivity contribution in [3.8, 4) is 0 Å². The van der Waals surface area contributed by atoms with Crippen LogP contribution in [-0.4, -0.2) is 47.5 Å². The molecular weight excluding hydrogens is 214 g/mol. The molecule has 1 unspecified atom stereocenters. The monoisotopic (exact) mass is 232 g/mol. The van der Waals surface area contributed by atoms with E-state index in [9.17, 15) is 9.90 Å². The summed E-state index contributed by atoms with van der Waals surface area (Å²) >= 11 is 4.83. The summed E-state index contributed by atoms with van der Waals surface area (Å²) in [5, 5.41) is 11.2. The number of hydrogen-bond donors (Lipinski definition) is 2. The van der Waals surface area contributed by atoms with Crippen LogP contribution in [0.3, 0.4) is 0 Å². The van der Waals surface area contributed by atoms with E-state index in [-0.39, 0.29) is 6.42 Å². The van der Waals surface area contributed by atoms with E-state index in [2.05, 4.69) is 9.97 Å². The molecule has 1 aromatic rings. The van der Waals surface area contributed by atoms with Crippen LogP contribution < -0.4 is 5.11 Å². The Kier molecular flexibility index (Phi) is 2.23. The molecule has 6 heteroatoms. The number of imidazole rings is 1. The first-order chi connectivity index (χ1) is 8.05. The number of hydrogen-bond acceptors (Lipinski definition) is 3. The Hall–Kier alpha value is -1.14. The molecule has 1 atom stereocenters. The van der Waals surface area contributed by atoms with E-state index >= 15 is 0 Å². The van der Waals surface area contributed by atoms with Crippen LogP contribution >= 0.6 is 12.2 Å². The van der Waals surface area contributed by atoms with Gasteiger partial charge in [-0.2, -0.15) is 0 Å². The zero-order chi connectivity index (χ0) is 14.1. The zero-order valence-electron chi connectivity index (χ0n) is 11.5. The van der Waals surface area contributed by atoms with E-state index in [1.54, 1.807) is 0 Å². The summed E-state index contributed by atoms with van der Waals surface area (Å²) in [4.78, 5) is 16.6. The summed E-state index contributed by atoms with van der Waals surface area (Å²) in [6.07, 6.45) is 1.53. The Labute approximate surface area is 97.5 Å². The van der Waals surface area contributed by atoms with E-state index in [0.717, 1.165) is 0 Å². The van der Waals surface area contributed by atoms with Crippen molar-refractivity contribution in [2.75, 3.05) is 21.1 Å². The summed E-state index contributed by atoms with van der Waals surface area (Å²) in [6, 6.07) is -1.20. The molecule has 0 saturated heterocycles. The maximum absolute atomic E-state index is 11.2. The second-order valence-electron chi connectivity index (χ2n) is 3.85. The first-order valence-corrected chi connectivity index (χ1v) is 4.77. The molecule has 0 aliphatic rings. The van der Waals surface area contributed by atoms with Crippen LogP contribution in [0.2, 0.25) is 0 Å². The summed E-state index contributed by atoms with van der Waals surface area (Å²) in [5.74, 6) is -1.41. The second kappa shape index (κ2) is 4.16. The minimum Gasteiger partial charge on any atom is -0.544 e. The van der Waals surface area contributed by atoms with E-state index in [4.69, 9.17) is 16.3 Å². The fourth-order valence-corrected chi connectivity index (χ4v) is 1.45. The predicted molar refractivity (Wildman–Crippen MR) is 56.5 cm³/mol. The first kappa shape index (κ1) is 8.06. The zero-order valence-corrected chi connectivity index (χ0v) is 9.35. The Morgan fingerprint density at radius 2 is 2.47 bits per heavy atom. The highest BCUT2D eigenvalue weighted by Gasteiger charge is 2.25. The smallest absolute Gasteiger partial charge is 0.174 e. The molecule has 0 radical (unpaired) electrons. The number of nitrogens with zero attached hydrogens (tertiary/aromatic N) is 1. The number of carboxylic acid groups (broad SMARTS) is 1. The third-order valence-electron chi connectivity index (χ3n) is 2.12. The van der Waals surface area contributed by atoms with Crippen molar-refractivity contribution in [2.24, 2.45) is 0 Å². The molecule has 1 heterocycles. The fraction of sp³-hybridized carbons (Fsp3) is 0.556. The standard InChI is InChI=1S/C9H15N3O2S/c1-12(2,3)7(8(13)14)4-6-5-10-9(15)11-6/h5,7H,4H2,1-3H3,(H2-,10,11,13,14,15)/i1D3. The first-order valence-electron chi connectivity index (χ1n) is 5.87. The lowest BCUT2D eigenvalue weighted by Gasteiger charge is -2.34. The average Bonchev–Trinajstić information content (AvgIpc) is 2.58. The molecule has 5 nitrogen and oxygen atoms in total. The Bertz CT molecular complexity index is 492. The molecule has 1 rings (SSSR count). The Morgan fingerprint density at radius 3 is 2.87 bits per heavy atom. The van der Waals surface area contributed by atoms with Crippen molar-refractivity contribution in [2.45, 2.75) is 12.5 Å². The molecule has 84 valence electrons. The van der Waals surface area contributed by atoms with Gasteiger partial charge in [0.15, 0.2) is 4.77 Å². The van der Waals surface area contributed by atoms with Gasteiger partial charge in [0, 0.05) is 18.3 Å². The number of likely N-dealkylation sites (N-methyl/N-ethyl adjacent to an activating group) is 1. The number of rotatable bonds is 4. The normalized spacial score (nSPS) is 17.6. The lowest BCUT2D eigenvalue weighted by molar-refractivity contribution is -0.889. The number of aliphatic carboxylic acids is 1. The fourth-order valence-electron chi connectivity index (χ4n) is 1.26. The minimum atomic E-state index is -2.45. The van der Waals surface area contributed by atoms with Crippen LogP contribution in [0.4, 0.5) is 0 Å². The summed E-state index contributed by atoms with van der Waals surface area (Å²) in [6.45, 7) is -2.45. The van der Waals surface area contributed by atoms with Crippen LogP contribution in [0.5, 0.6) is 0 Å². The van der Waals surface area contributed by atoms with Crippen molar-refractivity contribution in [1.29, 1.82) is 0 Å². The van der Waals surface area contributed by atoms with Crippen LogP contribution in [0.1, 0.15) is 9.81 Å². The van der Waals surface area contributed by atoms with Gasteiger partial charge in [-0.1, -0.05) is 0 Å². The summed E-state index contributed by atoms with van der Waals surface area (Å²) < 4.78 is 21.9. The van der Waals surface area contributed by atoms with E-state index < -0.39 is 23.5 Å². The number of carbonyl (C=O) groups excluding carboxylic acids is 1. The number of carboxylic acids is 1. The third kappa shape index (κ3) is 3.17. The van der Waals surface area contributed by atoms with Gasteiger partial charge in [-0.25, -0.2) is 0 Å². The molecule has 15 heavy (non-hydrogen) atoms. The maximum atomic E-state index is 11.2. The average molecular weight is 232 g/mol. The molecule has 0 saturated carbocycles. The van der Waals surface area contributed by atoms with Gasteiger partial charge in [0.1, 0.15) is 6.04 Å². The summed E-state index contributed by atoms with van der Waals surface area (Å²) in [7, 11) is 2.68. The summed E-state index contributed by atoms with van der Waals surface area (Å²) in [5.41, 5.74) is 0.532. The second-order valence-corrected chi connectivity index (χ2v) is 4.26. The van der Waals surface area contributed by atoms with Crippen molar-refractivity contribution in [3.63, 3.8) is 0 Å².